The van der Waals surface area contributed by atoms with E-state index in [0.29, 0.717) is 25.5 Å². The third-order valence-electron chi connectivity index (χ3n) is 2.58. The first-order chi connectivity index (χ1) is 6.72. The fourth-order valence-electron chi connectivity index (χ4n) is 1.75. The molecule has 1 aromatic rings. The highest BCUT2D eigenvalue weighted by Crippen LogP contribution is 2.22. The number of imidazole rings is 1. The zero-order valence-electron chi connectivity index (χ0n) is 8.18. The molecule has 1 fully saturated rings. The van der Waals surface area contributed by atoms with Gasteiger partial charge in [-0.3, -0.25) is 9.69 Å². The third-order valence-corrected chi connectivity index (χ3v) is 2.58. The molecule has 14 heavy (non-hydrogen) atoms. The molecule has 2 rings (SSSR count). The summed E-state index contributed by atoms with van der Waals surface area (Å²) in [6.45, 7) is 1.26. The van der Waals surface area contributed by atoms with Gasteiger partial charge < -0.3 is 10.3 Å². The highest BCUT2D eigenvalue weighted by molar-refractivity contribution is 5.94. The molecule has 5 nitrogen and oxygen atoms in total. The molecule has 0 aromatic carbocycles. The van der Waals surface area contributed by atoms with Crippen LogP contribution < -0.4 is 10.6 Å². The molecule has 5 heteroatoms. The average Bonchev–Trinajstić information content (AvgIpc) is 2.72. The quantitative estimate of drug-likeness (QED) is 0.705. The maximum Gasteiger partial charge on any atom is 0.229 e. The van der Waals surface area contributed by atoms with Gasteiger partial charge in [-0.05, 0) is 12.5 Å². The molecule has 1 amide bonds. The van der Waals surface area contributed by atoms with Crippen LogP contribution in [0.1, 0.15) is 6.42 Å². The van der Waals surface area contributed by atoms with Crippen LogP contribution in [0.3, 0.4) is 0 Å². The van der Waals surface area contributed by atoms with Gasteiger partial charge in [0.1, 0.15) is 0 Å². The number of rotatable bonds is 2. The topological polar surface area (TPSA) is 64.2 Å². The molecule has 0 bridgehead atoms. The van der Waals surface area contributed by atoms with E-state index in [0.717, 1.165) is 0 Å². The first-order valence-electron chi connectivity index (χ1n) is 4.70. The molecule has 1 saturated heterocycles. The lowest BCUT2D eigenvalue weighted by molar-refractivity contribution is -0.117. The van der Waals surface area contributed by atoms with Crippen molar-refractivity contribution in [3.63, 3.8) is 0 Å². The molecule has 1 aliphatic heterocycles. The lowest BCUT2D eigenvalue weighted by Gasteiger charge is -2.14. The minimum atomic E-state index is 0.120. The van der Waals surface area contributed by atoms with Crippen molar-refractivity contribution in [2.45, 2.75) is 6.42 Å². The first kappa shape index (κ1) is 9.21. The molecule has 0 saturated carbocycles. The van der Waals surface area contributed by atoms with Crippen molar-refractivity contribution >= 4 is 11.9 Å². The van der Waals surface area contributed by atoms with Gasteiger partial charge >= 0.3 is 0 Å². The van der Waals surface area contributed by atoms with E-state index >= 15 is 0 Å². The van der Waals surface area contributed by atoms with Crippen LogP contribution in [-0.4, -0.2) is 28.5 Å². The van der Waals surface area contributed by atoms with Crippen molar-refractivity contribution < 1.29 is 4.79 Å². The highest BCUT2D eigenvalue weighted by atomic mass is 16.2. The molecule has 0 spiro atoms. The van der Waals surface area contributed by atoms with Crippen LogP contribution in [0.5, 0.6) is 0 Å². The number of amides is 1. The van der Waals surface area contributed by atoms with Crippen LogP contribution in [0.15, 0.2) is 12.4 Å². The van der Waals surface area contributed by atoms with Crippen molar-refractivity contribution in [2.24, 2.45) is 18.7 Å². The second-order valence-corrected chi connectivity index (χ2v) is 3.65. The number of carbonyl (C=O) groups is 1. The number of hydrogen-bond acceptors (Lipinski definition) is 3. The second-order valence-electron chi connectivity index (χ2n) is 3.65. The summed E-state index contributed by atoms with van der Waals surface area (Å²) in [7, 11) is 1.88. The van der Waals surface area contributed by atoms with Crippen LogP contribution in [0.25, 0.3) is 0 Å². The van der Waals surface area contributed by atoms with E-state index in [1.807, 2.05) is 17.8 Å². The Morgan fingerprint density at radius 1 is 1.71 bits per heavy atom. The van der Waals surface area contributed by atoms with E-state index in [4.69, 9.17) is 5.73 Å². The van der Waals surface area contributed by atoms with Gasteiger partial charge in [0.15, 0.2) is 0 Å². The van der Waals surface area contributed by atoms with Gasteiger partial charge in [-0.15, -0.1) is 0 Å². The SMILES string of the molecule is Cn1ccnc1N1CC(CN)CC1=O. The lowest BCUT2D eigenvalue weighted by Crippen LogP contribution is -2.28. The number of nitrogens with two attached hydrogens (primary N) is 1. The van der Waals surface area contributed by atoms with E-state index in [9.17, 15) is 4.79 Å². The summed E-state index contributed by atoms with van der Waals surface area (Å²) in [5.74, 6) is 1.11. The molecule has 1 atom stereocenters. The molecule has 76 valence electrons. The Morgan fingerprint density at radius 3 is 3.00 bits per heavy atom. The van der Waals surface area contributed by atoms with Gasteiger partial charge in [0, 0.05) is 32.4 Å². The maximum atomic E-state index is 11.6. The number of anilines is 1. The Labute approximate surface area is 82.5 Å². The molecule has 1 aromatic heterocycles. The van der Waals surface area contributed by atoms with Gasteiger partial charge in [-0.2, -0.15) is 0 Å². The molecule has 2 heterocycles. The van der Waals surface area contributed by atoms with E-state index in [1.165, 1.54) is 0 Å². The second kappa shape index (κ2) is 3.42. The summed E-state index contributed by atoms with van der Waals surface area (Å²) in [6, 6.07) is 0. The zero-order chi connectivity index (χ0) is 10.1. The Kier molecular flexibility index (Phi) is 2.25. The Bertz CT molecular complexity index is 346. The molecular formula is C9H14N4O. The average molecular weight is 194 g/mol. The van der Waals surface area contributed by atoms with E-state index in [-0.39, 0.29) is 11.8 Å². The fraction of sp³-hybridized carbons (Fsp3) is 0.556. The number of aromatic nitrogens is 2. The largest absolute Gasteiger partial charge is 0.330 e. The summed E-state index contributed by atoms with van der Waals surface area (Å²) in [5.41, 5.74) is 5.54. The third kappa shape index (κ3) is 1.39. The van der Waals surface area contributed by atoms with Gasteiger partial charge in [0.2, 0.25) is 11.9 Å². The molecular weight excluding hydrogens is 180 g/mol. The normalized spacial score (nSPS) is 22.0. The molecule has 0 aliphatic carbocycles. The van der Waals surface area contributed by atoms with Gasteiger partial charge in [0.25, 0.3) is 0 Å². The number of carbonyl (C=O) groups excluding carboxylic acids is 1. The summed E-state index contributed by atoms with van der Waals surface area (Å²) in [5, 5.41) is 0. The molecule has 1 unspecified atom stereocenters. The minimum Gasteiger partial charge on any atom is -0.330 e. The summed E-state index contributed by atoms with van der Waals surface area (Å²) in [4.78, 5) is 17.5. The van der Waals surface area contributed by atoms with Gasteiger partial charge in [-0.1, -0.05) is 0 Å². The molecule has 1 aliphatic rings. The predicted molar refractivity (Wildman–Crippen MR) is 52.7 cm³/mol. The Balaban J connectivity index is 2.20. The standard InChI is InChI=1S/C9H14N4O/c1-12-3-2-11-9(12)13-6-7(5-10)4-8(13)14/h2-3,7H,4-6,10H2,1H3. The zero-order valence-corrected chi connectivity index (χ0v) is 8.18. The van der Waals surface area contributed by atoms with Crippen LogP contribution in [0, 0.1) is 5.92 Å². The predicted octanol–water partition coefficient (Wildman–Crippen LogP) is -0.268. The Hall–Kier alpha value is -1.36. The number of aryl methyl sites for hydroxylation is 1. The summed E-state index contributed by atoms with van der Waals surface area (Å²) < 4.78 is 1.84. The monoisotopic (exact) mass is 194 g/mol. The summed E-state index contributed by atoms with van der Waals surface area (Å²) >= 11 is 0. The van der Waals surface area contributed by atoms with Crippen molar-refractivity contribution in [1.82, 2.24) is 9.55 Å². The van der Waals surface area contributed by atoms with Crippen LogP contribution in [0.2, 0.25) is 0 Å². The Morgan fingerprint density at radius 2 is 2.50 bits per heavy atom. The van der Waals surface area contributed by atoms with E-state index < -0.39 is 0 Å². The van der Waals surface area contributed by atoms with E-state index in [2.05, 4.69) is 4.98 Å². The minimum absolute atomic E-state index is 0.120. The molecule has 2 N–H and O–H groups in total. The van der Waals surface area contributed by atoms with E-state index in [1.54, 1.807) is 11.1 Å². The summed E-state index contributed by atoms with van der Waals surface area (Å²) in [6.07, 6.45) is 4.07. The van der Waals surface area contributed by atoms with Crippen molar-refractivity contribution in [3.05, 3.63) is 12.4 Å². The van der Waals surface area contributed by atoms with Crippen molar-refractivity contribution in [1.29, 1.82) is 0 Å². The fourth-order valence-corrected chi connectivity index (χ4v) is 1.75. The number of hydrogen-bond donors (Lipinski definition) is 1. The van der Waals surface area contributed by atoms with Crippen molar-refractivity contribution in [2.75, 3.05) is 18.0 Å². The molecule has 0 radical (unpaired) electrons. The maximum absolute atomic E-state index is 11.6. The van der Waals surface area contributed by atoms with Crippen LogP contribution in [-0.2, 0) is 11.8 Å². The highest BCUT2D eigenvalue weighted by Gasteiger charge is 2.31. The smallest absolute Gasteiger partial charge is 0.229 e. The van der Waals surface area contributed by atoms with Gasteiger partial charge in [0.05, 0.1) is 0 Å². The lowest BCUT2D eigenvalue weighted by atomic mass is 10.1. The van der Waals surface area contributed by atoms with Crippen LogP contribution in [0.4, 0.5) is 5.95 Å². The van der Waals surface area contributed by atoms with Crippen LogP contribution >= 0.6 is 0 Å². The first-order valence-corrected chi connectivity index (χ1v) is 4.70. The van der Waals surface area contributed by atoms with Gasteiger partial charge in [-0.25, -0.2) is 4.98 Å². The number of nitrogens with zero attached hydrogens (tertiary/aromatic N) is 3. The van der Waals surface area contributed by atoms with Crippen molar-refractivity contribution in [3.8, 4) is 0 Å².